The SMILES string of the molecule is CC1c2nc(Cl)ccc2C(=O)N1c1cnn(CCF)c1. The summed E-state index contributed by atoms with van der Waals surface area (Å²) in [5.74, 6) is -0.142. The predicted octanol–water partition coefficient (Wildman–Crippen LogP) is 2.62. The van der Waals surface area contributed by atoms with Gasteiger partial charge in [-0.15, -0.1) is 0 Å². The molecule has 0 aliphatic carbocycles. The lowest BCUT2D eigenvalue weighted by atomic mass is 10.2. The maximum absolute atomic E-state index is 12.4. The average Bonchev–Trinajstić information content (AvgIpc) is 2.95. The fourth-order valence-corrected chi connectivity index (χ4v) is 2.56. The number of alkyl halides is 1. The summed E-state index contributed by atoms with van der Waals surface area (Å²) >= 11 is 5.88. The van der Waals surface area contributed by atoms with Gasteiger partial charge in [0.2, 0.25) is 0 Å². The van der Waals surface area contributed by atoms with E-state index in [0.717, 1.165) is 0 Å². The zero-order valence-electron chi connectivity index (χ0n) is 10.8. The van der Waals surface area contributed by atoms with Crippen molar-refractivity contribution in [3.63, 3.8) is 0 Å². The van der Waals surface area contributed by atoms with Gasteiger partial charge in [-0.1, -0.05) is 11.6 Å². The molecule has 0 fully saturated rings. The Hall–Kier alpha value is -1.95. The van der Waals surface area contributed by atoms with E-state index in [1.54, 1.807) is 29.4 Å². The standard InChI is InChI=1S/C13H12ClFN4O/c1-8-12-10(2-3-11(14)17-12)13(20)19(8)9-6-16-18(7-9)5-4-15/h2-3,6-8H,4-5H2,1H3. The first-order valence-electron chi connectivity index (χ1n) is 6.20. The minimum Gasteiger partial charge on any atom is -0.296 e. The molecule has 2 aromatic heterocycles. The highest BCUT2D eigenvalue weighted by Crippen LogP contribution is 2.36. The molecule has 1 atom stereocenters. The summed E-state index contributed by atoms with van der Waals surface area (Å²) in [6.07, 6.45) is 3.21. The number of pyridine rings is 1. The molecule has 2 aromatic rings. The number of hydrogen-bond acceptors (Lipinski definition) is 3. The molecule has 1 aliphatic rings. The quantitative estimate of drug-likeness (QED) is 0.818. The van der Waals surface area contributed by atoms with Crippen molar-refractivity contribution in [3.05, 3.63) is 40.9 Å². The number of carbonyl (C=O) groups excluding carboxylic acids is 1. The average molecular weight is 295 g/mol. The zero-order chi connectivity index (χ0) is 14.3. The molecule has 1 unspecified atom stereocenters. The molecule has 0 radical (unpaired) electrons. The van der Waals surface area contributed by atoms with Crippen LogP contribution in [0.2, 0.25) is 5.15 Å². The van der Waals surface area contributed by atoms with Crippen molar-refractivity contribution in [2.24, 2.45) is 0 Å². The number of carbonyl (C=O) groups is 1. The van der Waals surface area contributed by atoms with Crippen molar-refractivity contribution in [1.29, 1.82) is 0 Å². The molecule has 1 aliphatic heterocycles. The van der Waals surface area contributed by atoms with E-state index >= 15 is 0 Å². The first kappa shape index (κ1) is 13.1. The van der Waals surface area contributed by atoms with Crippen molar-refractivity contribution in [1.82, 2.24) is 14.8 Å². The van der Waals surface area contributed by atoms with Crippen molar-refractivity contribution >= 4 is 23.2 Å². The van der Waals surface area contributed by atoms with Crippen LogP contribution in [0, 0.1) is 0 Å². The van der Waals surface area contributed by atoms with E-state index in [9.17, 15) is 9.18 Å². The maximum atomic E-state index is 12.4. The van der Waals surface area contributed by atoms with Gasteiger partial charge in [0.05, 0.1) is 35.7 Å². The first-order chi connectivity index (χ1) is 9.61. The first-order valence-corrected chi connectivity index (χ1v) is 6.58. The lowest BCUT2D eigenvalue weighted by Gasteiger charge is -2.19. The van der Waals surface area contributed by atoms with E-state index in [0.29, 0.717) is 22.1 Å². The number of halogens is 2. The number of anilines is 1. The maximum Gasteiger partial charge on any atom is 0.260 e. The van der Waals surface area contributed by atoms with Crippen LogP contribution < -0.4 is 4.90 Å². The fraction of sp³-hybridized carbons (Fsp3) is 0.308. The van der Waals surface area contributed by atoms with Gasteiger partial charge in [-0.05, 0) is 19.1 Å². The molecule has 0 spiro atoms. The Bertz CT molecular complexity index is 672. The third-order valence-corrected chi connectivity index (χ3v) is 3.54. The largest absolute Gasteiger partial charge is 0.296 e. The van der Waals surface area contributed by atoms with E-state index in [2.05, 4.69) is 10.1 Å². The normalized spacial score (nSPS) is 17.6. The molecule has 7 heteroatoms. The Labute approximate surface area is 120 Å². The van der Waals surface area contributed by atoms with Crippen LogP contribution in [0.25, 0.3) is 0 Å². The molecule has 3 rings (SSSR count). The molecule has 1 amide bonds. The minimum atomic E-state index is -0.498. The van der Waals surface area contributed by atoms with Crippen LogP contribution in [0.1, 0.15) is 29.0 Å². The summed E-state index contributed by atoms with van der Waals surface area (Å²) in [7, 11) is 0. The predicted molar refractivity (Wildman–Crippen MR) is 72.7 cm³/mol. The molecule has 20 heavy (non-hydrogen) atoms. The van der Waals surface area contributed by atoms with Gasteiger partial charge in [0.15, 0.2) is 0 Å². The molecular weight excluding hydrogens is 283 g/mol. The summed E-state index contributed by atoms with van der Waals surface area (Å²) in [6.45, 7) is 1.55. The molecule has 0 aromatic carbocycles. The Morgan fingerprint density at radius 3 is 3.00 bits per heavy atom. The van der Waals surface area contributed by atoms with E-state index in [1.807, 2.05) is 6.92 Å². The van der Waals surface area contributed by atoms with Gasteiger partial charge in [0.1, 0.15) is 11.8 Å². The number of rotatable bonds is 3. The van der Waals surface area contributed by atoms with E-state index in [1.165, 1.54) is 4.68 Å². The highest BCUT2D eigenvalue weighted by Gasteiger charge is 2.36. The second-order valence-corrected chi connectivity index (χ2v) is 4.96. The fourth-order valence-electron chi connectivity index (χ4n) is 2.40. The Morgan fingerprint density at radius 2 is 2.25 bits per heavy atom. The number of amides is 1. The topological polar surface area (TPSA) is 51.0 Å². The summed E-state index contributed by atoms with van der Waals surface area (Å²) in [4.78, 5) is 18.2. The molecule has 104 valence electrons. The van der Waals surface area contributed by atoms with Crippen LogP contribution in [0.15, 0.2) is 24.5 Å². The number of nitrogens with zero attached hydrogens (tertiary/aromatic N) is 4. The lowest BCUT2D eigenvalue weighted by molar-refractivity contribution is 0.0992. The number of fused-ring (bicyclic) bond motifs is 1. The molecule has 0 saturated heterocycles. The third kappa shape index (κ3) is 1.96. The molecular formula is C13H12ClFN4O. The minimum absolute atomic E-state index is 0.142. The van der Waals surface area contributed by atoms with Crippen molar-refractivity contribution < 1.29 is 9.18 Å². The molecule has 3 heterocycles. The lowest BCUT2D eigenvalue weighted by Crippen LogP contribution is -2.25. The van der Waals surface area contributed by atoms with Gasteiger partial charge in [-0.3, -0.25) is 14.4 Å². The summed E-state index contributed by atoms with van der Waals surface area (Å²) < 4.78 is 13.8. The molecule has 0 N–H and O–H groups in total. The van der Waals surface area contributed by atoms with Crippen LogP contribution in [0.5, 0.6) is 0 Å². The van der Waals surface area contributed by atoms with Crippen molar-refractivity contribution in [2.75, 3.05) is 11.6 Å². The van der Waals surface area contributed by atoms with E-state index < -0.39 is 6.67 Å². The highest BCUT2D eigenvalue weighted by molar-refractivity contribution is 6.29. The Morgan fingerprint density at radius 1 is 1.45 bits per heavy atom. The monoisotopic (exact) mass is 294 g/mol. The third-order valence-electron chi connectivity index (χ3n) is 3.33. The Kier molecular flexibility index (Phi) is 3.17. The molecule has 0 saturated carbocycles. The van der Waals surface area contributed by atoms with Crippen LogP contribution in [-0.4, -0.2) is 27.3 Å². The van der Waals surface area contributed by atoms with Gasteiger partial charge >= 0.3 is 0 Å². The van der Waals surface area contributed by atoms with Gasteiger partial charge in [-0.2, -0.15) is 5.10 Å². The zero-order valence-corrected chi connectivity index (χ0v) is 11.5. The number of aromatic nitrogens is 3. The van der Waals surface area contributed by atoms with Crippen LogP contribution in [0.3, 0.4) is 0 Å². The van der Waals surface area contributed by atoms with Gasteiger partial charge < -0.3 is 0 Å². The second kappa shape index (κ2) is 4.86. The number of hydrogen-bond donors (Lipinski definition) is 0. The smallest absolute Gasteiger partial charge is 0.260 e. The van der Waals surface area contributed by atoms with E-state index in [-0.39, 0.29) is 18.5 Å². The highest BCUT2D eigenvalue weighted by atomic mass is 35.5. The summed E-state index contributed by atoms with van der Waals surface area (Å²) in [5, 5.41) is 4.40. The Balaban J connectivity index is 1.98. The van der Waals surface area contributed by atoms with Crippen LogP contribution >= 0.6 is 11.6 Å². The number of aryl methyl sites for hydroxylation is 1. The summed E-state index contributed by atoms with van der Waals surface area (Å²) in [5.41, 5.74) is 1.82. The van der Waals surface area contributed by atoms with E-state index in [4.69, 9.17) is 11.6 Å². The molecule has 5 nitrogen and oxygen atoms in total. The van der Waals surface area contributed by atoms with Crippen LogP contribution in [0.4, 0.5) is 10.1 Å². The molecule has 0 bridgehead atoms. The second-order valence-electron chi connectivity index (χ2n) is 4.57. The van der Waals surface area contributed by atoms with Crippen molar-refractivity contribution in [3.8, 4) is 0 Å². The van der Waals surface area contributed by atoms with Gasteiger partial charge in [0.25, 0.3) is 5.91 Å². The van der Waals surface area contributed by atoms with Gasteiger partial charge in [0, 0.05) is 6.20 Å². The summed E-state index contributed by atoms with van der Waals surface area (Å²) in [6, 6.07) is 3.05. The van der Waals surface area contributed by atoms with Gasteiger partial charge in [-0.25, -0.2) is 9.37 Å². The van der Waals surface area contributed by atoms with Crippen LogP contribution in [-0.2, 0) is 6.54 Å². The van der Waals surface area contributed by atoms with Crippen molar-refractivity contribution in [2.45, 2.75) is 19.5 Å².